The van der Waals surface area contributed by atoms with Crippen molar-refractivity contribution in [3.8, 4) is 11.3 Å². The molecule has 0 radical (unpaired) electrons. The van der Waals surface area contributed by atoms with Crippen molar-refractivity contribution in [2.24, 2.45) is 0 Å². The van der Waals surface area contributed by atoms with Crippen LogP contribution in [-0.2, 0) is 0 Å². The number of nitrogens with one attached hydrogen (secondary N) is 2. The van der Waals surface area contributed by atoms with Crippen LogP contribution in [-0.4, -0.2) is 11.0 Å². The molecule has 1 amide bonds. The fraction of sp³-hybridized carbons (Fsp3) is 0. The van der Waals surface area contributed by atoms with Gasteiger partial charge in [0.05, 0.1) is 25.8 Å². The van der Waals surface area contributed by atoms with Crippen molar-refractivity contribution >= 4 is 75.3 Å². The van der Waals surface area contributed by atoms with Crippen molar-refractivity contribution in [3.05, 3.63) is 74.4 Å². The molecular weight excluding hydrogens is 450 g/mol. The van der Waals surface area contributed by atoms with E-state index in [1.54, 1.807) is 42.5 Å². The number of carbonyl (C=O) groups excluding carboxylic acids is 1. The van der Waals surface area contributed by atoms with Crippen molar-refractivity contribution in [1.82, 2.24) is 5.32 Å². The highest BCUT2D eigenvalue weighted by atomic mass is 35.5. The van der Waals surface area contributed by atoms with Crippen molar-refractivity contribution in [1.29, 1.82) is 0 Å². The second kappa shape index (κ2) is 8.50. The van der Waals surface area contributed by atoms with E-state index in [9.17, 15) is 4.79 Å². The molecule has 4 nitrogen and oxygen atoms in total. The lowest BCUT2D eigenvalue weighted by molar-refractivity contribution is 0.0951. The molecule has 138 valence electrons. The van der Waals surface area contributed by atoms with Crippen molar-refractivity contribution < 1.29 is 9.21 Å². The molecule has 0 saturated carbocycles. The van der Waals surface area contributed by atoms with E-state index in [0.29, 0.717) is 37.1 Å². The Morgan fingerprint density at radius 1 is 0.889 bits per heavy atom. The SMILES string of the molecule is O=C(NC(=S)Nc1cccc(Cl)c1Cl)c1ccc(-c2cccc(Cl)c2Cl)o1. The first-order chi connectivity index (χ1) is 12.9. The van der Waals surface area contributed by atoms with Gasteiger partial charge in [0.2, 0.25) is 0 Å². The summed E-state index contributed by atoms with van der Waals surface area (Å²) >= 11 is 29.3. The van der Waals surface area contributed by atoms with Crippen LogP contribution in [0.25, 0.3) is 11.3 Å². The van der Waals surface area contributed by atoms with Crippen LogP contribution in [0.5, 0.6) is 0 Å². The minimum Gasteiger partial charge on any atom is -0.451 e. The summed E-state index contributed by atoms with van der Waals surface area (Å²) in [5.74, 6) is -0.0677. The van der Waals surface area contributed by atoms with E-state index in [1.807, 2.05) is 0 Å². The quantitative estimate of drug-likeness (QED) is 0.428. The van der Waals surface area contributed by atoms with Crippen LogP contribution in [0, 0.1) is 0 Å². The standard InChI is InChI=1S/C18H10Cl4N2O2S/c19-10-4-1-3-9(15(10)21)13-7-8-14(26-13)17(25)24-18(27)23-12-6-2-5-11(20)16(12)22/h1-8H,(H2,23,24,25,27). The fourth-order valence-electron chi connectivity index (χ4n) is 2.22. The first kappa shape index (κ1) is 20.0. The zero-order valence-electron chi connectivity index (χ0n) is 13.4. The van der Waals surface area contributed by atoms with Crippen molar-refractivity contribution in [2.45, 2.75) is 0 Å². The number of hydrogen-bond donors (Lipinski definition) is 2. The molecule has 1 heterocycles. The lowest BCUT2D eigenvalue weighted by atomic mass is 10.2. The molecule has 0 aliphatic heterocycles. The van der Waals surface area contributed by atoms with Gasteiger partial charge in [-0.3, -0.25) is 10.1 Å². The Bertz CT molecular complexity index is 1040. The van der Waals surface area contributed by atoms with Gasteiger partial charge in [0.1, 0.15) is 5.76 Å². The predicted molar refractivity (Wildman–Crippen MR) is 114 cm³/mol. The Labute approximate surface area is 180 Å². The van der Waals surface area contributed by atoms with E-state index in [0.717, 1.165) is 0 Å². The van der Waals surface area contributed by atoms with Crippen LogP contribution in [0.3, 0.4) is 0 Å². The van der Waals surface area contributed by atoms with Gasteiger partial charge in [0, 0.05) is 5.56 Å². The molecule has 1 aromatic heterocycles. The second-order valence-corrected chi connectivity index (χ2v) is 7.25. The largest absolute Gasteiger partial charge is 0.451 e. The highest BCUT2D eigenvalue weighted by Gasteiger charge is 2.16. The zero-order chi connectivity index (χ0) is 19.6. The molecular formula is C18H10Cl4N2O2S. The number of halogens is 4. The summed E-state index contributed by atoms with van der Waals surface area (Å²) in [5, 5.41) is 6.76. The zero-order valence-corrected chi connectivity index (χ0v) is 17.2. The lowest BCUT2D eigenvalue weighted by Crippen LogP contribution is -2.33. The number of hydrogen-bond acceptors (Lipinski definition) is 3. The first-order valence-corrected chi connectivity index (χ1v) is 9.39. The van der Waals surface area contributed by atoms with Gasteiger partial charge < -0.3 is 9.73 Å². The molecule has 3 aromatic rings. The van der Waals surface area contributed by atoms with Gasteiger partial charge in [0.25, 0.3) is 5.91 Å². The van der Waals surface area contributed by atoms with Gasteiger partial charge >= 0.3 is 0 Å². The molecule has 0 aliphatic rings. The molecule has 2 aromatic carbocycles. The van der Waals surface area contributed by atoms with Crippen LogP contribution in [0.2, 0.25) is 20.1 Å². The summed E-state index contributed by atoms with van der Waals surface area (Å²) in [7, 11) is 0. The Hall–Kier alpha value is -1.76. The number of carbonyl (C=O) groups is 1. The van der Waals surface area contributed by atoms with E-state index in [-0.39, 0.29) is 10.9 Å². The molecule has 0 aliphatic carbocycles. The number of amides is 1. The summed E-state index contributed by atoms with van der Waals surface area (Å²) in [5.41, 5.74) is 1.05. The Balaban J connectivity index is 1.72. The van der Waals surface area contributed by atoms with Gasteiger partial charge in [-0.05, 0) is 48.6 Å². The van der Waals surface area contributed by atoms with E-state index >= 15 is 0 Å². The predicted octanol–water partition coefficient (Wildman–Crippen LogP) is 6.69. The van der Waals surface area contributed by atoms with Gasteiger partial charge in [-0.2, -0.15) is 0 Å². The summed E-state index contributed by atoms with van der Waals surface area (Å²) < 4.78 is 5.57. The molecule has 0 saturated heterocycles. The highest BCUT2D eigenvalue weighted by molar-refractivity contribution is 7.80. The van der Waals surface area contributed by atoms with E-state index in [4.69, 9.17) is 63.0 Å². The normalized spacial score (nSPS) is 10.5. The Morgan fingerprint density at radius 3 is 2.30 bits per heavy atom. The minimum absolute atomic E-state index is 0.0444. The number of rotatable bonds is 3. The molecule has 0 atom stereocenters. The van der Waals surface area contributed by atoms with E-state index in [1.165, 1.54) is 6.07 Å². The van der Waals surface area contributed by atoms with Crippen LogP contribution >= 0.6 is 58.6 Å². The number of furan rings is 1. The smallest absolute Gasteiger partial charge is 0.293 e. The van der Waals surface area contributed by atoms with E-state index in [2.05, 4.69) is 10.6 Å². The molecule has 9 heteroatoms. The molecule has 0 unspecified atom stereocenters. The second-order valence-electron chi connectivity index (χ2n) is 5.27. The summed E-state index contributed by atoms with van der Waals surface area (Å²) in [6.45, 7) is 0. The maximum Gasteiger partial charge on any atom is 0.293 e. The molecule has 0 fully saturated rings. The lowest BCUT2D eigenvalue weighted by Gasteiger charge is -2.10. The van der Waals surface area contributed by atoms with Gasteiger partial charge in [-0.15, -0.1) is 0 Å². The maximum absolute atomic E-state index is 12.3. The van der Waals surface area contributed by atoms with Crippen LogP contribution in [0.4, 0.5) is 5.69 Å². The van der Waals surface area contributed by atoms with Crippen molar-refractivity contribution in [3.63, 3.8) is 0 Å². The molecule has 2 N–H and O–H groups in total. The summed E-state index contributed by atoms with van der Waals surface area (Å²) in [6, 6.07) is 13.3. The third-order valence-corrected chi connectivity index (χ3v) is 5.32. The van der Waals surface area contributed by atoms with Crippen LogP contribution in [0.1, 0.15) is 10.6 Å². The van der Waals surface area contributed by atoms with Crippen LogP contribution in [0.15, 0.2) is 52.9 Å². The molecule has 3 rings (SSSR count). The average Bonchev–Trinajstić information content (AvgIpc) is 3.11. The monoisotopic (exact) mass is 458 g/mol. The third-order valence-electron chi connectivity index (χ3n) is 3.47. The number of anilines is 1. The molecule has 27 heavy (non-hydrogen) atoms. The number of thiocarbonyl (C=S) groups is 1. The first-order valence-electron chi connectivity index (χ1n) is 7.47. The number of benzene rings is 2. The summed E-state index contributed by atoms with van der Waals surface area (Å²) in [4.78, 5) is 12.3. The molecule has 0 bridgehead atoms. The van der Waals surface area contributed by atoms with Gasteiger partial charge in [0.15, 0.2) is 10.9 Å². The minimum atomic E-state index is -0.532. The van der Waals surface area contributed by atoms with E-state index < -0.39 is 5.91 Å². The van der Waals surface area contributed by atoms with Crippen molar-refractivity contribution in [2.75, 3.05) is 5.32 Å². The highest BCUT2D eigenvalue weighted by Crippen LogP contribution is 2.34. The third kappa shape index (κ3) is 4.57. The Morgan fingerprint density at radius 2 is 1.56 bits per heavy atom. The van der Waals surface area contributed by atoms with Gasteiger partial charge in [-0.25, -0.2) is 0 Å². The van der Waals surface area contributed by atoms with Crippen LogP contribution < -0.4 is 10.6 Å². The topological polar surface area (TPSA) is 54.3 Å². The maximum atomic E-state index is 12.3. The molecule has 0 spiro atoms. The van der Waals surface area contributed by atoms with Gasteiger partial charge in [-0.1, -0.05) is 58.5 Å². The average molecular weight is 460 g/mol. The fourth-order valence-corrected chi connectivity index (χ4v) is 3.16. The summed E-state index contributed by atoms with van der Waals surface area (Å²) in [6.07, 6.45) is 0. The Kier molecular flexibility index (Phi) is 6.29.